The molecule has 3 saturated carbocycles. The Hall–Kier alpha value is -2.89. The van der Waals surface area contributed by atoms with Gasteiger partial charge in [0.25, 0.3) is 0 Å². The monoisotopic (exact) mass is 383 g/mol. The average Bonchev–Trinajstić information content (AvgIpc) is 2.59. The quantitative estimate of drug-likeness (QED) is 0.792. The van der Waals surface area contributed by atoms with Crippen molar-refractivity contribution in [1.29, 1.82) is 0 Å². The summed E-state index contributed by atoms with van der Waals surface area (Å²) >= 11 is 0. The lowest BCUT2D eigenvalue weighted by Gasteiger charge is -2.72. The lowest BCUT2D eigenvalue weighted by molar-refractivity contribution is -0.183. The molecule has 2 aromatic carbocycles. The molecule has 0 aromatic heterocycles. The minimum absolute atomic E-state index is 0.0739. The highest BCUT2D eigenvalue weighted by Gasteiger charge is 2.73. The number of aryl methyl sites for hydroxylation is 1. The maximum Gasteiger partial charge on any atom is 0.408 e. The number of aliphatic carboxylic acids is 1. The van der Waals surface area contributed by atoms with Crippen LogP contribution in [-0.2, 0) is 21.6 Å². The Labute approximate surface area is 162 Å². The number of ether oxygens (including phenoxy) is 1. The number of carboxylic acids is 1. The Morgan fingerprint density at radius 1 is 1.18 bits per heavy atom. The molecule has 5 nitrogen and oxygen atoms in total. The van der Waals surface area contributed by atoms with Gasteiger partial charge >= 0.3 is 12.1 Å². The van der Waals surface area contributed by atoms with Crippen LogP contribution in [0.25, 0.3) is 0 Å². The molecule has 3 aliphatic rings. The number of carboxylic acid groups (broad SMARTS) is 1. The second kappa shape index (κ2) is 6.62. The number of rotatable bonds is 6. The molecular formula is C22H22FNO4. The van der Waals surface area contributed by atoms with Crippen molar-refractivity contribution in [3.8, 4) is 0 Å². The van der Waals surface area contributed by atoms with E-state index in [2.05, 4.69) is 5.32 Å². The summed E-state index contributed by atoms with van der Waals surface area (Å²) in [5.74, 6) is -1.33. The molecule has 2 aromatic rings. The third-order valence-electron chi connectivity index (χ3n) is 6.10. The molecule has 3 aliphatic carbocycles. The van der Waals surface area contributed by atoms with Crippen LogP contribution in [0.4, 0.5) is 9.18 Å². The fourth-order valence-corrected chi connectivity index (χ4v) is 4.87. The SMILES string of the molecule is Cc1ccc(C23CC(C(NC(=O)OCc4ccccc4)C(=O)O)(C2)C3)c(F)c1. The largest absolute Gasteiger partial charge is 0.480 e. The number of hydrogen-bond donors (Lipinski definition) is 2. The van der Waals surface area contributed by atoms with Gasteiger partial charge in [-0.15, -0.1) is 0 Å². The van der Waals surface area contributed by atoms with Gasteiger partial charge in [0, 0.05) is 10.8 Å². The molecule has 1 amide bonds. The number of carbonyl (C=O) groups excluding carboxylic acids is 1. The number of amides is 1. The van der Waals surface area contributed by atoms with Gasteiger partial charge < -0.3 is 15.2 Å². The van der Waals surface area contributed by atoms with Crippen LogP contribution in [0, 0.1) is 18.2 Å². The summed E-state index contributed by atoms with van der Waals surface area (Å²) in [6.45, 7) is 1.91. The Morgan fingerprint density at radius 3 is 2.46 bits per heavy atom. The van der Waals surface area contributed by atoms with Crippen LogP contribution < -0.4 is 5.32 Å². The van der Waals surface area contributed by atoms with Crippen molar-refractivity contribution >= 4 is 12.1 Å². The maximum atomic E-state index is 14.3. The average molecular weight is 383 g/mol. The van der Waals surface area contributed by atoms with E-state index in [1.54, 1.807) is 6.07 Å². The van der Waals surface area contributed by atoms with Crippen LogP contribution in [0.5, 0.6) is 0 Å². The molecule has 146 valence electrons. The van der Waals surface area contributed by atoms with Gasteiger partial charge in [0.2, 0.25) is 0 Å². The zero-order valence-electron chi connectivity index (χ0n) is 15.6. The summed E-state index contributed by atoms with van der Waals surface area (Å²) in [6, 6.07) is 13.3. The summed E-state index contributed by atoms with van der Waals surface area (Å²) in [6.07, 6.45) is 0.901. The van der Waals surface area contributed by atoms with Gasteiger partial charge in [-0.05, 0) is 48.9 Å². The predicted molar refractivity (Wildman–Crippen MR) is 100 cm³/mol. The smallest absolute Gasteiger partial charge is 0.408 e. The first kappa shape index (κ1) is 18.5. The summed E-state index contributed by atoms with van der Waals surface area (Å²) in [7, 11) is 0. The highest BCUT2D eigenvalue weighted by molar-refractivity contribution is 5.82. The van der Waals surface area contributed by atoms with E-state index in [9.17, 15) is 19.1 Å². The van der Waals surface area contributed by atoms with Crippen LogP contribution in [0.2, 0.25) is 0 Å². The third-order valence-corrected chi connectivity index (χ3v) is 6.10. The molecule has 28 heavy (non-hydrogen) atoms. The summed E-state index contributed by atoms with van der Waals surface area (Å²) in [5, 5.41) is 12.1. The predicted octanol–water partition coefficient (Wildman–Crippen LogP) is 3.94. The van der Waals surface area contributed by atoms with Gasteiger partial charge in [0.15, 0.2) is 0 Å². The minimum atomic E-state index is -1.09. The molecule has 0 radical (unpaired) electrons. The van der Waals surface area contributed by atoms with Gasteiger partial charge in [-0.3, -0.25) is 0 Å². The van der Waals surface area contributed by atoms with Crippen molar-refractivity contribution in [3.63, 3.8) is 0 Å². The summed E-state index contributed by atoms with van der Waals surface area (Å²) in [4.78, 5) is 23.9. The second-order valence-electron chi connectivity index (χ2n) is 8.13. The molecule has 0 saturated heterocycles. The lowest BCUT2D eigenvalue weighted by Crippen LogP contribution is -2.73. The van der Waals surface area contributed by atoms with Crippen molar-refractivity contribution in [2.24, 2.45) is 5.41 Å². The Kier molecular flexibility index (Phi) is 4.37. The van der Waals surface area contributed by atoms with Gasteiger partial charge in [-0.1, -0.05) is 42.5 Å². The molecule has 2 bridgehead atoms. The molecule has 0 spiro atoms. The number of halogens is 1. The van der Waals surface area contributed by atoms with Gasteiger partial charge in [-0.2, -0.15) is 0 Å². The highest BCUT2D eigenvalue weighted by Crippen LogP contribution is 2.75. The maximum absolute atomic E-state index is 14.3. The van der Waals surface area contributed by atoms with E-state index in [0.29, 0.717) is 24.8 Å². The van der Waals surface area contributed by atoms with Gasteiger partial charge in [-0.25, -0.2) is 14.0 Å². The first-order valence-electron chi connectivity index (χ1n) is 9.30. The van der Waals surface area contributed by atoms with Crippen LogP contribution in [0.3, 0.4) is 0 Å². The molecule has 1 unspecified atom stereocenters. The summed E-state index contributed by atoms with van der Waals surface area (Å²) in [5.41, 5.74) is 1.49. The van der Waals surface area contributed by atoms with E-state index in [1.165, 1.54) is 6.07 Å². The van der Waals surface area contributed by atoms with E-state index in [-0.39, 0.29) is 17.8 Å². The van der Waals surface area contributed by atoms with Crippen LogP contribution in [-0.4, -0.2) is 23.2 Å². The standard InChI is InChI=1S/C22H22FNO4/c1-14-7-8-16(17(23)9-14)21-11-22(12-21,13-21)18(19(25)26)24-20(27)28-10-15-5-3-2-4-6-15/h2-9,18H,10-13H2,1H3,(H,24,27)(H,25,26). The first-order chi connectivity index (χ1) is 13.3. The van der Waals surface area contributed by atoms with Crippen LogP contribution >= 0.6 is 0 Å². The van der Waals surface area contributed by atoms with E-state index in [0.717, 1.165) is 11.1 Å². The molecule has 2 N–H and O–H groups in total. The molecule has 5 rings (SSSR count). The topological polar surface area (TPSA) is 75.6 Å². The lowest BCUT2D eigenvalue weighted by atomic mass is 9.31. The van der Waals surface area contributed by atoms with E-state index >= 15 is 0 Å². The van der Waals surface area contributed by atoms with Gasteiger partial charge in [0.05, 0.1) is 0 Å². The fourth-order valence-electron chi connectivity index (χ4n) is 4.87. The van der Waals surface area contributed by atoms with E-state index in [4.69, 9.17) is 4.74 Å². The highest BCUT2D eigenvalue weighted by atomic mass is 19.1. The van der Waals surface area contributed by atoms with Crippen molar-refractivity contribution in [3.05, 3.63) is 71.0 Å². The van der Waals surface area contributed by atoms with E-state index < -0.39 is 23.5 Å². The second-order valence-corrected chi connectivity index (χ2v) is 8.13. The number of carbonyl (C=O) groups is 2. The fraction of sp³-hybridized carbons (Fsp3) is 0.364. The molecule has 1 atom stereocenters. The summed E-state index contributed by atoms with van der Waals surface area (Å²) < 4.78 is 19.5. The first-order valence-corrected chi connectivity index (χ1v) is 9.30. The number of hydrogen-bond acceptors (Lipinski definition) is 3. The minimum Gasteiger partial charge on any atom is -0.480 e. The molecule has 0 heterocycles. The zero-order valence-corrected chi connectivity index (χ0v) is 15.6. The Bertz CT molecular complexity index is 908. The molecule has 3 fully saturated rings. The Balaban J connectivity index is 1.39. The van der Waals surface area contributed by atoms with Crippen molar-refractivity contribution < 1.29 is 23.8 Å². The third kappa shape index (κ3) is 3.03. The number of alkyl carbamates (subject to hydrolysis) is 1. The van der Waals surface area contributed by atoms with Crippen molar-refractivity contribution in [2.75, 3.05) is 0 Å². The normalized spacial score (nSPS) is 25.8. The zero-order chi connectivity index (χ0) is 19.9. The molecule has 0 aliphatic heterocycles. The van der Waals surface area contributed by atoms with Crippen LogP contribution in [0.15, 0.2) is 48.5 Å². The number of benzene rings is 2. The van der Waals surface area contributed by atoms with Crippen molar-refractivity contribution in [1.82, 2.24) is 5.32 Å². The molecule has 6 heteroatoms. The van der Waals surface area contributed by atoms with Gasteiger partial charge in [0.1, 0.15) is 18.5 Å². The Morgan fingerprint density at radius 2 is 1.86 bits per heavy atom. The van der Waals surface area contributed by atoms with Crippen LogP contribution in [0.1, 0.15) is 36.0 Å². The van der Waals surface area contributed by atoms with Crippen molar-refractivity contribution in [2.45, 2.75) is 44.2 Å². The van der Waals surface area contributed by atoms with E-state index in [1.807, 2.05) is 43.3 Å². The molecular weight excluding hydrogens is 361 g/mol. The number of nitrogens with one attached hydrogen (secondary N) is 1.